The normalized spacial score (nSPS) is 14.5. The molecule has 0 aromatic rings. The van der Waals surface area contributed by atoms with E-state index in [0.717, 1.165) is 0 Å². The summed E-state index contributed by atoms with van der Waals surface area (Å²) >= 11 is 0. The summed E-state index contributed by atoms with van der Waals surface area (Å²) in [6, 6.07) is 0. The molecule has 0 aromatic heterocycles. The molecule has 2 unspecified atom stereocenters. The van der Waals surface area contributed by atoms with Crippen molar-refractivity contribution >= 4 is 11.9 Å². The number of hydrogen-bond donors (Lipinski definition) is 0. The van der Waals surface area contributed by atoms with Gasteiger partial charge in [-0.3, -0.25) is 9.59 Å². The summed E-state index contributed by atoms with van der Waals surface area (Å²) in [6.45, 7) is 3.50. The highest BCUT2D eigenvalue weighted by molar-refractivity contribution is 5.81. The van der Waals surface area contributed by atoms with Gasteiger partial charge in [0.2, 0.25) is 0 Å². The molecular formula is C9H16O4. The maximum Gasteiger partial charge on any atom is 0.309 e. The number of rotatable bonds is 4. The molecule has 0 saturated heterocycles. The molecule has 76 valence electrons. The van der Waals surface area contributed by atoms with Crippen molar-refractivity contribution in [2.24, 2.45) is 11.8 Å². The van der Waals surface area contributed by atoms with Gasteiger partial charge in [0.15, 0.2) is 0 Å². The maximum absolute atomic E-state index is 11.2. The summed E-state index contributed by atoms with van der Waals surface area (Å²) in [5.41, 5.74) is 0. The van der Waals surface area contributed by atoms with E-state index in [1.54, 1.807) is 6.92 Å². The Morgan fingerprint density at radius 2 is 1.62 bits per heavy atom. The van der Waals surface area contributed by atoms with Crippen LogP contribution in [0.25, 0.3) is 0 Å². The maximum atomic E-state index is 11.2. The van der Waals surface area contributed by atoms with Crippen LogP contribution in [0.2, 0.25) is 0 Å². The summed E-state index contributed by atoms with van der Waals surface area (Å²) in [5, 5.41) is 0. The molecule has 4 nitrogen and oxygen atoms in total. The fraction of sp³-hybridized carbons (Fsp3) is 0.778. The Morgan fingerprint density at radius 3 is 1.92 bits per heavy atom. The van der Waals surface area contributed by atoms with Crippen molar-refractivity contribution in [3.63, 3.8) is 0 Å². The Balaban J connectivity index is 4.39. The lowest BCUT2D eigenvalue weighted by atomic mass is 9.92. The Kier molecular flexibility index (Phi) is 5.11. The molecule has 0 rings (SSSR count). The molecule has 4 heteroatoms. The highest BCUT2D eigenvalue weighted by atomic mass is 16.5. The second kappa shape index (κ2) is 5.56. The molecule has 0 fully saturated rings. The zero-order chi connectivity index (χ0) is 10.4. The van der Waals surface area contributed by atoms with Gasteiger partial charge in [-0.25, -0.2) is 0 Å². The van der Waals surface area contributed by atoms with E-state index in [1.807, 2.05) is 6.92 Å². The van der Waals surface area contributed by atoms with Gasteiger partial charge in [0.05, 0.1) is 26.1 Å². The van der Waals surface area contributed by atoms with Gasteiger partial charge in [-0.05, 0) is 6.42 Å². The predicted octanol–water partition coefficient (Wildman–Crippen LogP) is 0.995. The molecule has 0 aromatic carbocycles. The Labute approximate surface area is 78.2 Å². The SMILES string of the molecule is CCC(C(=O)OC)C(C)C(=O)OC. The first kappa shape index (κ1) is 11.9. The summed E-state index contributed by atoms with van der Waals surface area (Å²) < 4.78 is 9.12. The number of carbonyl (C=O) groups is 2. The average Bonchev–Trinajstić information content (AvgIpc) is 2.17. The van der Waals surface area contributed by atoms with Gasteiger partial charge in [-0.2, -0.15) is 0 Å². The van der Waals surface area contributed by atoms with E-state index in [2.05, 4.69) is 9.47 Å². The van der Waals surface area contributed by atoms with Crippen LogP contribution in [0.1, 0.15) is 20.3 Å². The third-order valence-corrected chi connectivity index (χ3v) is 2.12. The molecule has 0 aliphatic heterocycles. The van der Waals surface area contributed by atoms with Gasteiger partial charge >= 0.3 is 11.9 Å². The van der Waals surface area contributed by atoms with Crippen LogP contribution in [-0.4, -0.2) is 26.2 Å². The van der Waals surface area contributed by atoms with Crippen molar-refractivity contribution in [1.82, 2.24) is 0 Å². The van der Waals surface area contributed by atoms with Crippen LogP contribution >= 0.6 is 0 Å². The van der Waals surface area contributed by atoms with Crippen LogP contribution < -0.4 is 0 Å². The van der Waals surface area contributed by atoms with Gasteiger partial charge in [-0.1, -0.05) is 13.8 Å². The van der Waals surface area contributed by atoms with Crippen molar-refractivity contribution in [2.45, 2.75) is 20.3 Å². The fourth-order valence-corrected chi connectivity index (χ4v) is 1.23. The van der Waals surface area contributed by atoms with Crippen LogP contribution in [0.5, 0.6) is 0 Å². The van der Waals surface area contributed by atoms with E-state index >= 15 is 0 Å². The Hall–Kier alpha value is -1.06. The van der Waals surface area contributed by atoms with E-state index in [9.17, 15) is 9.59 Å². The highest BCUT2D eigenvalue weighted by Gasteiger charge is 2.29. The van der Waals surface area contributed by atoms with E-state index < -0.39 is 11.8 Å². The topological polar surface area (TPSA) is 52.6 Å². The Morgan fingerprint density at radius 1 is 1.15 bits per heavy atom. The molecule has 0 aliphatic rings. The van der Waals surface area contributed by atoms with Crippen molar-refractivity contribution in [2.75, 3.05) is 14.2 Å². The van der Waals surface area contributed by atoms with Crippen LogP contribution in [-0.2, 0) is 19.1 Å². The van der Waals surface area contributed by atoms with Crippen LogP contribution in [0, 0.1) is 11.8 Å². The van der Waals surface area contributed by atoms with Crippen molar-refractivity contribution in [1.29, 1.82) is 0 Å². The molecule has 0 amide bonds. The number of carbonyl (C=O) groups excluding carboxylic acids is 2. The lowest BCUT2D eigenvalue weighted by Crippen LogP contribution is -2.29. The first-order valence-corrected chi connectivity index (χ1v) is 4.24. The number of methoxy groups -OCH3 is 2. The van der Waals surface area contributed by atoms with E-state index in [-0.39, 0.29) is 11.9 Å². The number of hydrogen-bond acceptors (Lipinski definition) is 4. The van der Waals surface area contributed by atoms with Gasteiger partial charge in [-0.15, -0.1) is 0 Å². The molecule has 0 saturated carbocycles. The highest BCUT2D eigenvalue weighted by Crippen LogP contribution is 2.18. The number of esters is 2. The predicted molar refractivity (Wildman–Crippen MR) is 47.0 cm³/mol. The average molecular weight is 188 g/mol. The van der Waals surface area contributed by atoms with Crippen molar-refractivity contribution in [3.05, 3.63) is 0 Å². The third-order valence-electron chi connectivity index (χ3n) is 2.12. The second-order valence-corrected chi connectivity index (χ2v) is 2.85. The Bertz CT molecular complexity index is 188. The standard InChI is InChI=1S/C9H16O4/c1-5-7(9(11)13-4)6(2)8(10)12-3/h6-7H,5H2,1-4H3. The first-order chi connectivity index (χ1) is 6.08. The molecule has 0 aliphatic carbocycles. The summed E-state index contributed by atoms with van der Waals surface area (Å²) in [4.78, 5) is 22.3. The monoisotopic (exact) mass is 188 g/mol. The van der Waals surface area contributed by atoms with Crippen LogP contribution in [0.3, 0.4) is 0 Å². The van der Waals surface area contributed by atoms with Gasteiger partial charge < -0.3 is 9.47 Å². The fourth-order valence-electron chi connectivity index (χ4n) is 1.23. The largest absolute Gasteiger partial charge is 0.469 e. The van der Waals surface area contributed by atoms with E-state index in [4.69, 9.17) is 0 Å². The van der Waals surface area contributed by atoms with Gasteiger partial charge in [0.25, 0.3) is 0 Å². The molecule has 0 heterocycles. The lowest BCUT2D eigenvalue weighted by molar-refractivity contribution is -0.156. The molecule has 0 N–H and O–H groups in total. The summed E-state index contributed by atoms with van der Waals surface area (Å²) in [6.07, 6.45) is 0.572. The second-order valence-electron chi connectivity index (χ2n) is 2.85. The number of ether oxygens (including phenoxy) is 2. The summed E-state index contributed by atoms with van der Waals surface area (Å²) in [7, 11) is 2.62. The molecule has 0 radical (unpaired) electrons. The zero-order valence-corrected chi connectivity index (χ0v) is 8.49. The molecule has 2 atom stereocenters. The van der Waals surface area contributed by atoms with Gasteiger partial charge in [0, 0.05) is 0 Å². The minimum Gasteiger partial charge on any atom is -0.469 e. The first-order valence-electron chi connectivity index (χ1n) is 4.24. The zero-order valence-electron chi connectivity index (χ0n) is 8.49. The quantitative estimate of drug-likeness (QED) is 0.617. The van der Waals surface area contributed by atoms with Crippen LogP contribution in [0.15, 0.2) is 0 Å². The van der Waals surface area contributed by atoms with Crippen LogP contribution in [0.4, 0.5) is 0 Å². The van der Waals surface area contributed by atoms with Gasteiger partial charge in [0.1, 0.15) is 0 Å². The lowest BCUT2D eigenvalue weighted by Gasteiger charge is -2.17. The minimum atomic E-state index is -0.442. The third kappa shape index (κ3) is 3.05. The molecular weight excluding hydrogens is 172 g/mol. The van der Waals surface area contributed by atoms with Crippen molar-refractivity contribution in [3.8, 4) is 0 Å². The van der Waals surface area contributed by atoms with Crippen molar-refractivity contribution < 1.29 is 19.1 Å². The van der Waals surface area contributed by atoms with E-state index in [1.165, 1.54) is 14.2 Å². The molecule has 0 spiro atoms. The molecule has 0 bridgehead atoms. The van der Waals surface area contributed by atoms with E-state index in [0.29, 0.717) is 6.42 Å². The smallest absolute Gasteiger partial charge is 0.309 e. The minimum absolute atomic E-state index is 0.361. The molecule has 13 heavy (non-hydrogen) atoms. The summed E-state index contributed by atoms with van der Waals surface area (Å²) in [5.74, 6) is -1.59.